The van der Waals surface area contributed by atoms with E-state index in [1.54, 1.807) is 7.11 Å². The highest BCUT2D eigenvalue weighted by atomic mass is 16.5. The van der Waals surface area contributed by atoms with Crippen molar-refractivity contribution in [3.05, 3.63) is 30.3 Å². The summed E-state index contributed by atoms with van der Waals surface area (Å²) >= 11 is 0. The minimum absolute atomic E-state index is 0.0566. The molecule has 0 aromatic heterocycles. The van der Waals surface area contributed by atoms with E-state index in [0.29, 0.717) is 12.5 Å². The number of nitrogens with one attached hydrogen (secondary N) is 1. The SMILES string of the molecule is COCC(CNCC(C)C)Oc1ccccc1. The zero-order chi connectivity index (χ0) is 12.5. The summed E-state index contributed by atoms with van der Waals surface area (Å²) in [6.45, 7) is 6.78. The normalized spacial score (nSPS) is 12.7. The van der Waals surface area contributed by atoms with Crippen molar-refractivity contribution in [2.75, 3.05) is 26.8 Å². The molecule has 1 unspecified atom stereocenters. The Hall–Kier alpha value is -1.06. The van der Waals surface area contributed by atoms with Crippen LogP contribution in [0.2, 0.25) is 0 Å². The van der Waals surface area contributed by atoms with Crippen LogP contribution in [0.4, 0.5) is 0 Å². The third kappa shape index (κ3) is 6.29. The molecule has 1 atom stereocenters. The summed E-state index contributed by atoms with van der Waals surface area (Å²) < 4.78 is 11.0. The topological polar surface area (TPSA) is 30.5 Å². The lowest BCUT2D eigenvalue weighted by atomic mass is 10.2. The fourth-order valence-corrected chi connectivity index (χ4v) is 1.55. The molecule has 0 aliphatic heterocycles. The van der Waals surface area contributed by atoms with Crippen molar-refractivity contribution < 1.29 is 9.47 Å². The average molecular weight is 237 g/mol. The third-order valence-electron chi connectivity index (χ3n) is 2.32. The predicted octanol–water partition coefficient (Wildman–Crippen LogP) is 2.33. The Morgan fingerprint density at radius 3 is 2.41 bits per heavy atom. The average Bonchev–Trinajstić information content (AvgIpc) is 2.30. The van der Waals surface area contributed by atoms with Gasteiger partial charge in [-0.3, -0.25) is 0 Å². The molecule has 0 saturated heterocycles. The summed E-state index contributed by atoms with van der Waals surface area (Å²) in [5.41, 5.74) is 0. The van der Waals surface area contributed by atoms with Crippen LogP contribution in [0, 0.1) is 5.92 Å². The first-order valence-electron chi connectivity index (χ1n) is 6.13. The lowest BCUT2D eigenvalue weighted by Crippen LogP contribution is -2.36. The van der Waals surface area contributed by atoms with Gasteiger partial charge in [0.1, 0.15) is 11.9 Å². The van der Waals surface area contributed by atoms with E-state index in [9.17, 15) is 0 Å². The molecular weight excluding hydrogens is 214 g/mol. The largest absolute Gasteiger partial charge is 0.487 e. The second-order valence-electron chi connectivity index (χ2n) is 4.56. The summed E-state index contributed by atoms with van der Waals surface area (Å²) in [5.74, 6) is 1.54. The standard InChI is InChI=1S/C14H23NO2/c1-12(2)9-15-10-14(11-16-3)17-13-7-5-4-6-8-13/h4-8,12,14-15H,9-11H2,1-3H3. The second kappa shape index (κ2) is 8.09. The van der Waals surface area contributed by atoms with E-state index in [1.807, 2.05) is 30.3 Å². The number of benzene rings is 1. The van der Waals surface area contributed by atoms with Gasteiger partial charge in [0.25, 0.3) is 0 Å². The molecule has 0 aliphatic rings. The Morgan fingerprint density at radius 1 is 1.12 bits per heavy atom. The maximum Gasteiger partial charge on any atom is 0.134 e. The van der Waals surface area contributed by atoms with Crippen molar-refractivity contribution >= 4 is 0 Å². The van der Waals surface area contributed by atoms with Crippen molar-refractivity contribution in [1.29, 1.82) is 0 Å². The van der Waals surface area contributed by atoms with Crippen LogP contribution < -0.4 is 10.1 Å². The van der Waals surface area contributed by atoms with Crippen LogP contribution in [0.1, 0.15) is 13.8 Å². The molecule has 17 heavy (non-hydrogen) atoms. The quantitative estimate of drug-likeness (QED) is 0.752. The maximum absolute atomic E-state index is 5.85. The zero-order valence-corrected chi connectivity index (χ0v) is 11.0. The van der Waals surface area contributed by atoms with Crippen molar-refractivity contribution in [2.45, 2.75) is 20.0 Å². The molecule has 0 fully saturated rings. The van der Waals surface area contributed by atoms with Crippen molar-refractivity contribution in [2.24, 2.45) is 5.92 Å². The third-order valence-corrected chi connectivity index (χ3v) is 2.32. The van der Waals surface area contributed by atoms with Gasteiger partial charge < -0.3 is 14.8 Å². The molecule has 96 valence electrons. The van der Waals surface area contributed by atoms with Gasteiger partial charge in [0.2, 0.25) is 0 Å². The molecule has 3 heteroatoms. The summed E-state index contributed by atoms with van der Waals surface area (Å²) in [7, 11) is 1.70. The van der Waals surface area contributed by atoms with E-state index in [0.717, 1.165) is 18.8 Å². The molecule has 0 bridgehead atoms. The summed E-state index contributed by atoms with van der Waals surface area (Å²) in [6.07, 6.45) is 0.0566. The Bertz CT molecular complexity index is 288. The van der Waals surface area contributed by atoms with Gasteiger partial charge >= 0.3 is 0 Å². The Labute approximate surface area is 104 Å². The minimum atomic E-state index is 0.0566. The molecule has 0 amide bonds. The molecule has 0 saturated carbocycles. The van der Waals surface area contributed by atoms with Gasteiger partial charge in [0.15, 0.2) is 0 Å². The molecule has 0 spiro atoms. The highest BCUT2D eigenvalue weighted by Crippen LogP contribution is 2.10. The van der Waals surface area contributed by atoms with Gasteiger partial charge in [-0.1, -0.05) is 32.0 Å². The number of methoxy groups -OCH3 is 1. The van der Waals surface area contributed by atoms with E-state index < -0.39 is 0 Å². The first-order chi connectivity index (χ1) is 8.22. The number of hydrogen-bond acceptors (Lipinski definition) is 3. The van der Waals surface area contributed by atoms with E-state index in [1.165, 1.54) is 0 Å². The van der Waals surface area contributed by atoms with Crippen LogP contribution >= 0.6 is 0 Å². The Balaban J connectivity index is 2.37. The van der Waals surface area contributed by atoms with Crippen molar-refractivity contribution in [1.82, 2.24) is 5.32 Å². The van der Waals surface area contributed by atoms with Crippen molar-refractivity contribution in [3.8, 4) is 5.75 Å². The van der Waals surface area contributed by atoms with Gasteiger partial charge in [0, 0.05) is 13.7 Å². The van der Waals surface area contributed by atoms with Gasteiger partial charge in [-0.25, -0.2) is 0 Å². The lowest BCUT2D eigenvalue weighted by Gasteiger charge is -2.19. The lowest BCUT2D eigenvalue weighted by molar-refractivity contribution is 0.0802. The predicted molar refractivity (Wildman–Crippen MR) is 70.4 cm³/mol. The highest BCUT2D eigenvalue weighted by Gasteiger charge is 2.09. The van der Waals surface area contributed by atoms with Crippen LogP contribution in [0.15, 0.2) is 30.3 Å². The molecule has 1 rings (SSSR count). The number of hydrogen-bond donors (Lipinski definition) is 1. The van der Waals surface area contributed by atoms with Crippen LogP contribution in [-0.2, 0) is 4.74 Å². The van der Waals surface area contributed by atoms with Crippen LogP contribution in [0.5, 0.6) is 5.75 Å². The van der Waals surface area contributed by atoms with Crippen molar-refractivity contribution in [3.63, 3.8) is 0 Å². The van der Waals surface area contributed by atoms with E-state index in [4.69, 9.17) is 9.47 Å². The molecular formula is C14H23NO2. The summed E-state index contributed by atoms with van der Waals surface area (Å²) in [5, 5.41) is 3.38. The molecule has 0 aliphatic carbocycles. The second-order valence-corrected chi connectivity index (χ2v) is 4.56. The van der Waals surface area contributed by atoms with E-state index >= 15 is 0 Å². The first kappa shape index (κ1) is 14.0. The first-order valence-corrected chi connectivity index (χ1v) is 6.13. The Kier molecular flexibility index (Phi) is 6.67. The zero-order valence-electron chi connectivity index (χ0n) is 11.0. The summed E-state index contributed by atoms with van der Waals surface area (Å²) in [4.78, 5) is 0. The molecule has 1 N–H and O–H groups in total. The maximum atomic E-state index is 5.85. The molecule has 0 radical (unpaired) electrons. The fourth-order valence-electron chi connectivity index (χ4n) is 1.55. The van der Waals surface area contributed by atoms with Gasteiger partial charge in [-0.05, 0) is 24.6 Å². The number of rotatable bonds is 8. The molecule has 1 aromatic rings. The van der Waals surface area contributed by atoms with E-state index in [2.05, 4.69) is 19.2 Å². The minimum Gasteiger partial charge on any atom is -0.487 e. The van der Waals surface area contributed by atoms with Gasteiger partial charge in [0.05, 0.1) is 6.61 Å². The van der Waals surface area contributed by atoms with E-state index in [-0.39, 0.29) is 6.10 Å². The summed E-state index contributed by atoms with van der Waals surface area (Å²) in [6, 6.07) is 9.85. The van der Waals surface area contributed by atoms with Gasteiger partial charge in [-0.15, -0.1) is 0 Å². The fraction of sp³-hybridized carbons (Fsp3) is 0.571. The van der Waals surface area contributed by atoms with Crippen LogP contribution in [-0.4, -0.2) is 32.9 Å². The molecule has 3 nitrogen and oxygen atoms in total. The van der Waals surface area contributed by atoms with Crippen LogP contribution in [0.25, 0.3) is 0 Å². The highest BCUT2D eigenvalue weighted by molar-refractivity contribution is 5.21. The number of ether oxygens (including phenoxy) is 2. The smallest absolute Gasteiger partial charge is 0.134 e. The molecule has 0 heterocycles. The van der Waals surface area contributed by atoms with Crippen LogP contribution in [0.3, 0.4) is 0 Å². The molecule has 1 aromatic carbocycles. The number of para-hydroxylation sites is 1. The van der Waals surface area contributed by atoms with Gasteiger partial charge in [-0.2, -0.15) is 0 Å². The monoisotopic (exact) mass is 237 g/mol. The Morgan fingerprint density at radius 2 is 1.82 bits per heavy atom.